The van der Waals surface area contributed by atoms with Crippen LogP contribution in [0.4, 0.5) is 19.3 Å². The number of methoxy groups -OCH3 is 1. The van der Waals surface area contributed by atoms with Crippen LogP contribution in [0.2, 0.25) is 0 Å². The predicted octanol–water partition coefficient (Wildman–Crippen LogP) is 3.88. The van der Waals surface area contributed by atoms with Crippen molar-refractivity contribution in [1.29, 1.82) is 0 Å². The number of amides is 2. The Morgan fingerprint density at radius 2 is 2.04 bits per heavy atom. The molecule has 0 aliphatic heterocycles. The van der Waals surface area contributed by atoms with Gasteiger partial charge in [0, 0.05) is 29.4 Å². The summed E-state index contributed by atoms with van der Waals surface area (Å²) in [5, 5.41) is 7.77. The van der Waals surface area contributed by atoms with Crippen molar-refractivity contribution >= 4 is 23.1 Å². The molecule has 2 aromatic rings. The molecule has 124 valence electrons. The third-order valence-corrected chi connectivity index (χ3v) is 4.50. The maximum atomic E-state index is 13.6. The van der Waals surface area contributed by atoms with Crippen molar-refractivity contribution in [3.8, 4) is 5.75 Å². The molecule has 1 aromatic carbocycles. The normalized spacial score (nSPS) is 13.3. The van der Waals surface area contributed by atoms with Crippen LogP contribution in [0, 0.1) is 11.6 Å². The van der Waals surface area contributed by atoms with Gasteiger partial charge in [-0.05, 0) is 13.3 Å². The summed E-state index contributed by atoms with van der Waals surface area (Å²) < 4.78 is 31.9. The van der Waals surface area contributed by atoms with Gasteiger partial charge >= 0.3 is 6.03 Å². The van der Waals surface area contributed by atoms with Crippen molar-refractivity contribution in [2.75, 3.05) is 12.4 Å². The van der Waals surface area contributed by atoms with Gasteiger partial charge in [-0.25, -0.2) is 18.6 Å². The molecule has 2 N–H and O–H groups in total. The molecule has 0 fully saturated rings. The number of hydrogen-bond acceptors (Lipinski definition) is 4. The molecule has 1 atom stereocenters. The minimum Gasteiger partial charge on any atom is -0.491 e. The molecule has 2 rings (SSSR count). The highest BCUT2D eigenvalue weighted by Gasteiger charge is 2.29. The van der Waals surface area contributed by atoms with Gasteiger partial charge in [0.05, 0.1) is 12.6 Å². The molecule has 0 radical (unpaired) electrons. The van der Waals surface area contributed by atoms with E-state index in [-0.39, 0.29) is 5.69 Å². The number of aromatic nitrogens is 1. The standard InChI is InChI=1S/C15H17F2N3O2S/c1-4-15(2,13-18-5-6-23-13)20-14(21)19-9-7-10(16)12(22-3)11(17)8-9/h5-8H,4H2,1-3H3,(H2,19,20,21). The van der Waals surface area contributed by atoms with Crippen LogP contribution in [0.25, 0.3) is 0 Å². The van der Waals surface area contributed by atoms with Crippen molar-refractivity contribution < 1.29 is 18.3 Å². The van der Waals surface area contributed by atoms with Gasteiger partial charge in [0.25, 0.3) is 0 Å². The number of rotatable bonds is 5. The van der Waals surface area contributed by atoms with Crippen molar-refractivity contribution in [2.45, 2.75) is 25.8 Å². The van der Waals surface area contributed by atoms with Gasteiger partial charge in [-0.2, -0.15) is 0 Å². The van der Waals surface area contributed by atoms with E-state index in [2.05, 4.69) is 20.4 Å². The summed E-state index contributed by atoms with van der Waals surface area (Å²) in [5.41, 5.74) is -0.669. The van der Waals surface area contributed by atoms with Crippen LogP contribution in [-0.2, 0) is 5.54 Å². The van der Waals surface area contributed by atoms with Crippen molar-refractivity contribution in [3.05, 3.63) is 40.4 Å². The Bertz CT molecular complexity index is 671. The van der Waals surface area contributed by atoms with E-state index in [1.165, 1.54) is 18.4 Å². The van der Waals surface area contributed by atoms with Crippen LogP contribution in [0.5, 0.6) is 5.75 Å². The Kier molecular flexibility index (Phi) is 5.15. The number of halogens is 2. The van der Waals surface area contributed by atoms with E-state index in [4.69, 9.17) is 0 Å². The van der Waals surface area contributed by atoms with Gasteiger partial charge in [-0.3, -0.25) is 0 Å². The number of carbonyl (C=O) groups excluding carboxylic acids is 1. The number of benzene rings is 1. The van der Waals surface area contributed by atoms with Gasteiger partial charge in [0.2, 0.25) is 0 Å². The molecule has 0 spiro atoms. The molecular formula is C15H17F2N3O2S. The molecular weight excluding hydrogens is 324 g/mol. The number of ether oxygens (including phenoxy) is 1. The maximum Gasteiger partial charge on any atom is 0.320 e. The molecule has 0 bridgehead atoms. The third-order valence-electron chi connectivity index (χ3n) is 3.46. The highest BCUT2D eigenvalue weighted by molar-refractivity contribution is 7.09. The number of nitrogens with zero attached hydrogens (tertiary/aromatic N) is 1. The van der Waals surface area contributed by atoms with Crippen LogP contribution in [0.3, 0.4) is 0 Å². The van der Waals surface area contributed by atoms with Crippen LogP contribution in [0.1, 0.15) is 25.3 Å². The fraction of sp³-hybridized carbons (Fsp3) is 0.333. The minimum absolute atomic E-state index is 0.00380. The second-order valence-electron chi connectivity index (χ2n) is 5.08. The van der Waals surface area contributed by atoms with Crippen LogP contribution in [-0.4, -0.2) is 18.1 Å². The summed E-state index contributed by atoms with van der Waals surface area (Å²) in [6, 6.07) is 1.41. The van der Waals surface area contributed by atoms with E-state index in [9.17, 15) is 13.6 Å². The minimum atomic E-state index is -0.888. The summed E-state index contributed by atoms with van der Waals surface area (Å²) in [6.07, 6.45) is 2.26. The summed E-state index contributed by atoms with van der Waals surface area (Å²) in [4.78, 5) is 16.3. The molecule has 2 amide bonds. The Labute approximate surface area is 136 Å². The number of urea groups is 1. The molecule has 1 unspecified atom stereocenters. The lowest BCUT2D eigenvalue weighted by Gasteiger charge is -2.27. The van der Waals surface area contributed by atoms with E-state index in [0.29, 0.717) is 6.42 Å². The fourth-order valence-corrected chi connectivity index (χ4v) is 2.86. The van der Waals surface area contributed by atoms with Gasteiger partial charge in [-0.15, -0.1) is 11.3 Å². The topological polar surface area (TPSA) is 63.2 Å². The first-order valence-electron chi connectivity index (χ1n) is 6.91. The molecule has 0 aliphatic rings. The number of anilines is 1. The second kappa shape index (κ2) is 6.91. The lowest BCUT2D eigenvalue weighted by Crippen LogP contribution is -2.45. The SMILES string of the molecule is CCC(C)(NC(=O)Nc1cc(F)c(OC)c(F)c1)c1nccs1. The fourth-order valence-electron chi connectivity index (χ4n) is 2.03. The molecule has 1 heterocycles. The van der Waals surface area contributed by atoms with Crippen LogP contribution in [0.15, 0.2) is 23.7 Å². The van der Waals surface area contributed by atoms with E-state index in [1.807, 2.05) is 19.2 Å². The quantitative estimate of drug-likeness (QED) is 0.867. The van der Waals surface area contributed by atoms with E-state index < -0.39 is 29.0 Å². The van der Waals surface area contributed by atoms with Gasteiger partial charge < -0.3 is 15.4 Å². The third kappa shape index (κ3) is 3.76. The molecule has 5 nitrogen and oxygen atoms in total. The Morgan fingerprint density at radius 1 is 1.39 bits per heavy atom. The number of carbonyl (C=O) groups is 1. The molecule has 0 saturated carbocycles. The van der Waals surface area contributed by atoms with Crippen LogP contribution >= 0.6 is 11.3 Å². The van der Waals surface area contributed by atoms with Crippen molar-refractivity contribution in [3.63, 3.8) is 0 Å². The summed E-state index contributed by atoms with van der Waals surface area (Å²) >= 11 is 1.42. The van der Waals surface area contributed by atoms with Crippen molar-refractivity contribution in [2.24, 2.45) is 0 Å². The van der Waals surface area contributed by atoms with Crippen LogP contribution < -0.4 is 15.4 Å². The van der Waals surface area contributed by atoms with E-state index in [0.717, 1.165) is 17.1 Å². The zero-order chi connectivity index (χ0) is 17.0. The summed E-state index contributed by atoms with van der Waals surface area (Å²) in [7, 11) is 1.17. The average Bonchev–Trinajstić information content (AvgIpc) is 3.01. The van der Waals surface area contributed by atoms with Gasteiger partial charge in [0.1, 0.15) is 5.01 Å². The highest BCUT2D eigenvalue weighted by Crippen LogP contribution is 2.27. The first-order chi connectivity index (χ1) is 10.9. The Morgan fingerprint density at radius 3 is 2.52 bits per heavy atom. The zero-order valence-electron chi connectivity index (χ0n) is 12.9. The largest absolute Gasteiger partial charge is 0.491 e. The molecule has 0 aliphatic carbocycles. The number of thiazole rings is 1. The lowest BCUT2D eigenvalue weighted by atomic mass is 10.0. The van der Waals surface area contributed by atoms with Gasteiger partial charge in [0.15, 0.2) is 17.4 Å². The zero-order valence-corrected chi connectivity index (χ0v) is 13.8. The molecule has 8 heteroatoms. The van der Waals surface area contributed by atoms with E-state index >= 15 is 0 Å². The first kappa shape index (κ1) is 17.1. The Balaban J connectivity index is 2.13. The highest BCUT2D eigenvalue weighted by atomic mass is 32.1. The predicted molar refractivity (Wildman–Crippen MR) is 84.8 cm³/mol. The number of nitrogens with one attached hydrogen (secondary N) is 2. The summed E-state index contributed by atoms with van der Waals surface area (Å²) in [6.45, 7) is 3.75. The second-order valence-corrected chi connectivity index (χ2v) is 5.97. The Hall–Kier alpha value is -2.22. The molecule has 23 heavy (non-hydrogen) atoms. The summed E-state index contributed by atoms with van der Waals surface area (Å²) in [5.74, 6) is -2.26. The smallest absolute Gasteiger partial charge is 0.320 e. The number of hydrogen-bond donors (Lipinski definition) is 2. The average molecular weight is 341 g/mol. The van der Waals surface area contributed by atoms with E-state index in [1.54, 1.807) is 6.20 Å². The first-order valence-corrected chi connectivity index (χ1v) is 7.79. The van der Waals surface area contributed by atoms with Crippen molar-refractivity contribution in [1.82, 2.24) is 10.3 Å². The molecule has 1 aromatic heterocycles. The maximum absolute atomic E-state index is 13.6. The monoisotopic (exact) mass is 341 g/mol. The lowest BCUT2D eigenvalue weighted by molar-refractivity contribution is 0.237. The van der Waals surface area contributed by atoms with Gasteiger partial charge in [-0.1, -0.05) is 6.92 Å². The molecule has 0 saturated heterocycles.